The Morgan fingerprint density at radius 1 is 1.33 bits per heavy atom. The average molecular weight is 250 g/mol. The van der Waals surface area contributed by atoms with E-state index in [-0.39, 0.29) is 5.91 Å². The summed E-state index contributed by atoms with van der Waals surface area (Å²) in [6, 6.07) is 7.71. The summed E-state index contributed by atoms with van der Waals surface area (Å²) in [6.45, 7) is 3.13. The number of hydrogen-bond donors (Lipinski definition) is 2. The maximum absolute atomic E-state index is 11.7. The molecule has 0 saturated heterocycles. The Balaban J connectivity index is 2.37. The van der Waals surface area contributed by atoms with Gasteiger partial charge in [-0.15, -0.1) is 0 Å². The van der Waals surface area contributed by atoms with Gasteiger partial charge in [-0.3, -0.25) is 4.79 Å². The summed E-state index contributed by atoms with van der Waals surface area (Å²) in [7, 11) is 1.60. The maximum atomic E-state index is 11.7. The topological polar surface area (TPSA) is 64.4 Å². The van der Waals surface area contributed by atoms with E-state index in [9.17, 15) is 4.79 Å². The molecular weight excluding hydrogens is 228 g/mol. The van der Waals surface area contributed by atoms with Gasteiger partial charge in [0.05, 0.1) is 6.04 Å². The fourth-order valence-electron chi connectivity index (χ4n) is 1.59. The standard InChI is InChI=1S/C14H22N2O2/c1-3-11-4-6-12(7-5-11)10-16-14(17)13(15)8-9-18-2/h4-7,13H,3,8-10,15H2,1-2H3,(H,16,17). The fourth-order valence-corrected chi connectivity index (χ4v) is 1.59. The number of ether oxygens (including phenoxy) is 1. The van der Waals surface area contributed by atoms with Crippen molar-refractivity contribution < 1.29 is 9.53 Å². The molecule has 1 rings (SSSR count). The van der Waals surface area contributed by atoms with Gasteiger partial charge >= 0.3 is 0 Å². The number of rotatable bonds is 7. The highest BCUT2D eigenvalue weighted by Crippen LogP contribution is 2.04. The molecule has 4 heteroatoms. The molecule has 3 N–H and O–H groups in total. The number of hydrogen-bond acceptors (Lipinski definition) is 3. The first kappa shape index (κ1) is 14.7. The summed E-state index contributed by atoms with van der Waals surface area (Å²) >= 11 is 0. The molecular formula is C14H22N2O2. The molecule has 0 saturated carbocycles. The maximum Gasteiger partial charge on any atom is 0.237 e. The van der Waals surface area contributed by atoms with Crippen LogP contribution in [-0.4, -0.2) is 25.7 Å². The van der Waals surface area contributed by atoms with Crippen LogP contribution < -0.4 is 11.1 Å². The van der Waals surface area contributed by atoms with Gasteiger partial charge in [-0.1, -0.05) is 31.2 Å². The SMILES string of the molecule is CCc1ccc(CNC(=O)C(N)CCOC)cc1. The van der Waals surface area contributed by atoms with E-state index in [0.29, 0.717) is 19.6 Å². The highest BCUT2D eigenvalue weighted by molar-refractivity contribution is 5.81. The number of nitrogens with one attached hydrogen (secondary N) is 1. The van der Waals surface area contributed by atoms with Crippen LogP contribution in [0.25, 0.3) is 0 Å². The second-order valence-corrected chi connectivity index (χ2v) is 4.28. The first-order valence-corrected chi connectivity index (χ1v) is 6.27. The molecule has 0 aliphatic carbocycles. The fraction of sp³-hybridized carbons (Fsp3) is 0.500. The molecule has 18 heavy (non-hydrogen) atoms. The zero-order chi connectivity index (χ0) is 13.4. The van der Waals surface area contributed by atoms with E-state index in [1.807, 2.05) is 12.1 Å². The summed E-state index contributed by atoms with van der Waals surface area (Å²) in [5.74, 6) is -0.133. The molecule has 0 spiro atoms. The minimum Gasteiger partial charge on any atom is -0.385 e. The van der Waals surface area contributed by atoms with Crippen LogP contribution in [0.1, 0.15) is 24.5 Å². The smallest absolute Gasteiger partial charge is 0.237 e. The molecule has 0 aromatic heterocycles. The normalized spacial score (nSPS) is 12.2. The zero-order valence-electron chi connectivity index (χ0n) is 11.1. The Hall–Kier alpha value is -1.39. The predicted octanol–water partition coefficient (Wildman–Crippen LogP) is 1.23. The summed E-state index contributed by atoms with van der Waals surface area (Å²) in [4.78, 5) is 11.7. The van der Waals surface area contributed by atoms with Crippen LogP contribution in [0.5, 0.6) is 0 Å². The van der Waals surface area contributed by atoms with E-state index >= 15 is 0 Å². The van der Waals surface area contributed by atoms with Crippen molar-refractivity contribution in [1.82, 2.24) is 5.32 Å². The molecule has 1 aromatic rings. The highest BCUT2D eigenvalue weighted by atomic mass is 16.5. The number of benzene rings is 1. The van der Waals surface area contributed by atoms with Crippen molar-refractivity contribution in [3.8, 4) is 0 Å². The second kappa shape index (κ2) is 7.84. The first-order chi connectivity index (χ1) is 8.67. The second-order valence-electron chi connectivity index (χ2n) is 4.28. The largest absolute Gasteiger partial charge is 0.385 e. The predicted molar refractivity (Wildman–Crippen MR) is 72.1 cm³/mol. The lowest BCUT2D eigenvalue weighted by molar-refractivity contribution is -0.122. The first-order valence-electron chi connectivity index (χ1n) is 6.27. The van der Waals surface area contributed by atoms with Crippen molar-refractivity contribution in [3.05, 3.63) is 35.4 Å². The van der Waals surface area contributed by atoms with Crippen LogP contribution in [0.3, 0.4) is 0 Å². The van der Waals surface area contributed by atoms with Crippen LogP contribution in [0, 0.1) is 0 Å². The minimum absolute atomic E-state index is 0.133. The van der Waals surface area contributed by atoms with E-state index in [0.717, 1.165) is 12.0 Å². The van der Waals surface area contributed by atoms with Crippen molar-refractivity contribution in [2.45, 2.75) is 32.4 Å². The number of methoxy groups -OCH3 is 1. The molecule has 0 fully saturated rings. The molecule has 0 aliphatic rings. The molecule has 0 radical (unpaired) electrons. The number of carbonyl (C=O) groups excluding carboxylic acids is 1. The minimum atomic E-state index is -0.500. The molecule has 0 heterocycles. The van der Waals surface area contributed by atoms with Gasteiger partial charge in [0.1, 0.15) is 0 Å². The monoisotopic (exact) mass is 250 g/mol. The van der Waals surface area contributed by atoms with Gasteiger partial charge in [0.15, 0.2) is 0 Å². The zero-order valence-corrected chi connectivity index (χ0v) is 11.1. The molecule has 4 nitrogen and oxygen atoms in total. The Morgan fingerprint density at radius 3 is 2.50 bits per heavy atom. The number of aryl methyl sites for hydroxylation is 1. The van der Waals surface area contributed by atoms with Crippen LogP contribution >= 0.6 is 0 Å². The van der Waals surface area contributed by atoms with Crippen LogP contribution in [0.4, 0.5) is 0 Å². The quantitative estimate of drug-likeness (QED) is 0.765. The molecule has 1 unspecified atom stereocenters. The van der Waals surface area contributed by atoms with Gasteiger partial charge in [-0.2, -0.15) is 0 Å². The lowest BCUT2D eigenvalue weighted by Crippen LogP contribution is -2.40. The third-order valence-corrected chi connectivity index (χ3v) is 2.87. The van der Waals surface area contributed by atoms with Gasteiger partial charge in [-0.25, -0.2) is 0 Å². The third-order valence-electron chi connectivity index (χ3n) is 2.87. The van der Waals surface area contributed by atoms with Crippen LogP contribution in [-0.2, 0) is 22.5 Å². The lowest BCUT2D eigenvalue weighted by atomic mass is 10.1. The van der Waals surface area contributed by atoms with Gasteiger partial charge in [-0.05, 0) is 24.0 Å². The van der Waals surface area contributed by atoms with Crippen molar-refractivity contribution in [2.24, 2.45) is 5.73 Å². The van der Waals surface area contributed by atoms with Crippen LogP contribution in [0.15, 0.2) is 24.3 Å². The number of carbonyl (C=O) groups is 1. The summed E-state index contributed by atoms with van der Waals surface area (Å²) in [5, 5.41) is 2.83. The Bertz CT molecular complexity index is 363. The molecule has 0 bridgehead atoms. The average Bonchev–Trinajstić information content (AvgIpc) is 2.42. The Labute approximate surface area is 109 Å². The molecule has 0 aliphatic heterocycles. The van der Waals surface area contributed by atoms with E-state index in [4.69, 9.17) is 10.5 Å². The van der Waals surface area contributed by atoms with Crippen LogP contribution in [0.2, 0.25) is 0 Å². The summed E-state index contributed by atoms with van der Waals surface area (Å²) in [5.41, 5.74) is 8.10. The molecule has 1 atom stereocenters. The Morgan fingerprint density at radius 2 is 1.94 bits per heavy atom. The van der Waals surface area contributed by atoms with E-state index in [2.05, 4.69) is 24.4 Å². The number of amides is 1. The Kier molecular flexibility index (Phi) is 6.39. The van der Waals surface area contributed by atoms with E-state index < -0.39 is 6.04 Å². The van der Waals surface area contributed by atoms with Crippen molar-refractivity contribution >= 4 is 5.91 Å². The van der Waals surface area contributed by atoms with Gasteiger partial charge < -0.3 is 15.8 Å². The molecule has 1 amide bonds. The summed E-state index contributed by atoms with van der Waals surface area (Å²) < 4.78 is 4.89. The third kappa shape index (κ3) is 4.85. The van der Waals surface area contributed by atoms with Gasteiger partial charge in [0.25, 0.3) is 0 Å². The summed E-state index contributed by atoms with van der Waals surface area (Å²) in [6.07, 6.45) is 1.56. The number of nitrogens with two attached hydrogens (primary N) is 1. The van der Waals surface area contributed by atoms with E-state index in [1.165, 1.54) is 5.56 Å². The molecule has 1 aromatic carbocycles. The van der Waals surface area contributed by atoms with E-state index in [1.54, 1.807) is 7.11 Å². The lowest BCUT2D eigenvalue weighted by Gasteiger charge is -2.11. The molecule has 100 valence electrons. The van der Waals surface area contributed by atoms with Crippen molar-refractivity contribution in [3.63, 3.8) is 0 Å². The highest BCUT2D eigenvalue weighted by Gasteiger charge is 2.12. The van der Waals surface area contributed by atoms with Crippen molar-refractivity contribution in [2.75, 3.05) is 13.7 Å². The van der Waals surface area contributed by atoms with Crippen molar-refractivity contribution in [1.29, 1.82) is 0 Å². The van der Waals surface area contributed by atoms with Gasteiger partial charge in [0.2, 0.25) is 5.91 Å². The van der Waals surface area contributed by atoms with Gasteiger partial charge in [0, 0.05) is 20.3 Å².